The van der Waals surface area contributed by atoms with Crippen molar-refractivity contribution >= 4 is 17.8 Å². The Morgan fingerprint density at radius 1 is 1.12 bits per heavy atom. The molecule has 1 saturated heterocycles. The van der Waals surface area contributed by atoms with Gasteiger partial charge in [-0.3, -0.25) is 14.9 Å². The minimum atomic E-state index is -0.463. The van der Waals surface area contributed by atoms with Crippen LogP contribution in [-0.2, 0) is 14.4 Å². The molecular formula is C32H51N3O5. The van der Waals surface area contributed by atoms with Crippen LogP contribution in [0, 0.1) is 34.5 Å². The molecular weight excluding hydrogens is 506 g/mol. The molecule has 2 unspecified atom stereocenters. The van der Waals surface area contributed by atoms with E-state index in [1.165, 1.54) is 24.8 Å². The number of carbonyl (C=O) groups excluding carboxylic acids is 2. The van der Waals surface area contributed by atoms with E-state index < -0.39 is 6.09 Å². The lowest BCUT2D eigenvalue weighted by Crippen LogP contribution is -2.50. The normalized spacial score (nSPS) is 41.0. The maximum atomic E-state index is 12.8. The average Bonchev–Trinajstić information content (AvgIpc) is 3.51. The van der Waals surface area contributed by atoms with Gasteiger partial charge in [0.1, 0.15) is 6.04 Å². The standard InChI is InChI=1S/C32H51N3O5/c1-19(2)39-29(37)28-12-8-22(33-28)18-35(6)30(38)40-34-20(3)25-10-11-26-24-9-7-21-17-23(36)13-15-31(21,4)27(24)14-16-32(25,26)5/h7,19,22-28,33,36H,8-18H2,1-6H3/b34-20+/t22?,23-,24-,25+,26-,27-,28?,31-,32+/m0/s1. The Balaban J connectivity index is 1.17. The molecule has 0 spiro atoms. The van der Waals surface area contributed by atoms with E-state index in [1.807, 2.05) is 20.8 Å². The number of aliphatic hydroxyl groups excluding tert-OH is 1. The molecule has 9 atom stereocenters. The first-order valence-corrected chi connectivity index (χ1v) is 15.7. The highest BCUT2D eigenvalue weighted by molar-refractivity contribution is 5.85. The Morgan fingerprint density at radius 2 is 1.90 bits per heavy atom. The van der Waals surface area contributed by atoms with Gasteiger partial charge in [0.25, 0.3) is 0 Å². The predicted octanol–water partition coefficient (Wildman–Crippen LogP) is 5.44. The van der Waals surface area contributed by atoms with Gasteiger partial charge in [0.2, 0.25) is 0 Å². The lowest BCUT2D eigenvalue weighted by atomic mass is 9.47. The Morgan fingerprint density at radius 3 is 2.65 bits per heavy atom. The number of amides is 1. The van der Waals surface area contributed by atoms with Gasteiger partial charge < -0.3 is 14.7 Å². The van der Waals surface area contributed by atoms with Crippen LogP contribution in [0.25, 0.3) is 0 Å². The number of ether oxygens (including phenoxy) is 1. The van der Waals surface area contributed by atoms with Crippen LogP contribution in [0.5, 0.6) is 0 Å². The fourth-order valence-electron chi connectivity index (χ4n) is 9.44. The number of likely N-dealkylation sites (N-methyl/N-ethyl adjacent to an activating group) is 1. The first-order valence-electron chi connectivity index (χ1n) is 15.7. The molecule has 5 rings (SSSR count). The lowest BCUT2D eigenvalue weighted by Gasteiger charge is -2.58. The number of hydrogen-bond acceptors (Lipinski definition) is 7. The van der Waals surface area contributed by atoms with Gasteiger partial charge in [0, 0.05) is 25.6 Å². The summed E-state index contributed by atoms with van der Waals surface area (Å²) in [4.78, 5) is 32.0. The number of rotatable bonds is 6. The summed E-state index contributed by atoms with van der Waals surface area (Å²) in [6.45, 7) is 11.1. The van der Waals surface area contributed by atoms with Gasteiger partial charge in [-0.15, -0.1) is 0 Å². The average molecular weight is 558 g/mol. The van der Waals surface area contributed by atoms with Crippen molar-refractivity contribution < 1.29 is 24.3 Å². The van der Waals surface area contributed by atoms with E-state index in [1.54, 1.807) is 11.9 Å². The number of esters is 1. The van der Waals surface area contributed by atoms with E-state index in [0.29, 0.717) is 36.6 Å². The summed E-state index contributed by atoms with van der Waals surface area (Å²) >= 11 is 0. The number of oxime groups is 1. The topological polar surface area (TPSA) is 100 Å². The van der Waals surface area contributed by atoms with Crippen molar-refractivity contribution in [1.82, 2.24) is 10.2 Å². The minimum Gasteiger partial charge on any atom is -0.462 e. The van der Waals surface area contributed by atoms with Crippen LogP contribution in [0.3, 0.4) is 0 Å². The molecule has 5 aliphatic rings. The van der Waals surface area contributed by atoms with Crippen molar-refractivity contribution in [2.24, 2.45) is 39.7 Å². The largest absolute Gasteiger partial charge is 0.462 e. The Labute approximate surface area is 240 Å². The van der Waals surface area contributed by atoms with Crippen molar-refractivity contribution in [3.63, 3.8) is 0 Å². The number of nitrogens with zero attached hydrogens (tertiary/aromatic N) is 2. The molecule has 8 heteroatoms. The molecule has 0 radical (unpaired) electrons. The number of carbonyl (C=O) groups is 2. The molecule has 224 valence electrons. The SMILES string of the molecule is C/C(=N\OC(=O)N(C)CC1CCC(C(=O)OC(C)C)N1)[C@H]1CC[C@H]2[C@@H]3CC=C4C[C@@H](O)CC[C@]4(C)[C@H]3CC[C@]12C. The molecule has 0 aromatic heterocycles. The zero-order valence-electron chi connectivity index (χ0n) is 25.4. The first-order chi connectivity index (χ1) is 18.9. The van der Waals surface area contributed by atoms with Crippen LogP contribution < -0.4 is 5.32 Å². The maximum absolute atomic E-state index is 12.8. The van der Waals surface area contributed by atoms with Gasteiger partial charge in [-0.1, -0.05) is 30.7 Å². The van der Waals surface area contributed by atoms with E-state index >= 15 is 0 Å². The summed E-state index contributed by atoms with van der Waals surface area (Å²) < 4.78 is 5.32. The van der Waals surface area contributed by atoms with Crippen LogP contribution in [-0.4, -0.2) is 65.7 Å². The second kappa shape index (κ2) is 11.4. The van der Waals surface area contributed by atoms with Gasteiger partial charge >= 0.3 is 12.1 Å². The van der Waals surface area contributed by atoms with Crippen LogP contribution in [0.4, 0.5) is 4.79 Å². The summed E-state index contributed by atoms with van der Waals surface area (Å²) in [5.41, 5.74) is 2.86. The molecule has 1 heterocycles. The highest BCUT2D eigenvalue weighted by Crippen LogP contribution is 2.66. The number of nitrogens with one attached hydrogen (secondary N) is 1. The van der Waals surface area contributed by atoms with Crippen LogP contribution in [0.1, 0.15) is 98.8 Å². The Hall–Kier alpha value is -1.93. The second-order valence-electron chi connectivity index (χ2n) is 14.3. The van der Waals surface area contributed by atoms with Crippen molar-refractivity contribution in [3.8, 4) is 0 Å². The van der Waals surface area contributed by atoms with Gasteiger partial charge in [0.15, 0.2) is 0 Å². The van der Waals surface area contributed by atoms with Gasteiger partial charge in [-0.05, 0) is 114 Å². The van der Waals surface area contributed by atoms with E-state index in [-0.39, 0.29) is 41.1 Å². The monoisotopic (exact) mass is 557 g/mol. The summed E-state index contributed by atoms with van der Waals surface area (Å²) in [5.74, 6) is 2.15. The third kappa shape index (κ3) is 5.47. The molecule has 0 bridgehead atoms. The number of hydrogen-bond donors (Lipinski definition) is 2. The summed E-state index contributed by atoms with van der Waals surface area (Å²) in [7, 11) is 1.72. The van der Waals surface area contributed by atoms with Crippen molar-refractivity contribution in [3.05, 3.63) is 11.6 Å². The summed E-state index contributed by atoms with van der Waals surface area (Å²) in [5, 5.41) is 18.0. The van der Waals surface area contributed by atoms with E-state index in [2.05, 4.69) is 30.4 Å². The quantitative estimate of drug-likeness (QED) is 0.148. The van der Waals surface area contributed by atoms with Crippen LogP contribution in [0.15, 0.2) is 16.8 Å². The van der Waals surface area contributed by atoms with Crippen molar-refractivity contribution in [2.45, 2.75) is 123 Å². The zero-order valence-corrected chi connectivity index (χ0v) is 25.4. The van der Waals surface area contributed by atoms with E-state index in [9.17, 15) is 14.7 Å². The number of allylic oxidation sites excluding steroid dienone is 1. The molecule has 3 saturated carbocycles. The maximum Gasteiger partial charge on any atom is 0.435 e. The second-order valence-corrected chi connectivity index (χ2v) is 14.3. The molecule has 4 fully saturated rings. The summed E-state index contributed by atoms with van der Waals surface area (Å²) in [6.07, 6.45) is 12.0. The molecule has 0 aromatic rings. The number of fused-ring (bicyclic) bond motifs is 5. The molecule has 8 nitrogen and oxygen atoms in total. The van der Waals surface area contributed by atoms with Gasteiger partial charge in [-0.2, -0.15) is 0 Å². The fraction of sp³-hybridized carbons (Fsp3) is 0.844. The Bertz CT molecular complexity index is 1040. The van der Waals surface area contributed by atoms with Crippen molar-refractivity contribution in [1.29, 1.82) is 0 Å². The molecule has 40 heavy (non-hydrogen) atoms. The van der Waals surface area contributed by atoms with Gasteiger partial charge in [0.05, 0.1) is 17.9 Å². The molecule has 4 aliphatic carbocycles. The number of aliphatic hydroxyl groups is 1. The van der Waals surface area contributed by atoms with Crippen LogP contribution >= 0.6 is 0 Å². The fourth-order valence-corrected chi connectivity index (χ4v) is 9.44. The Kier molecular flexibility index (Phi) is 8.42. The van der Waals surface area contributed by atoms with E-state index in [4.69, 9.17) is 9.57 Å². The first kappa shape index (κ1) is 29.6. The summed E-state index contributed by atoms with van der Waals surface area (Å²) in [6, 6.07) is -0.293. The van der Waals surface area contributed by atoms with Gasteiger partial charge in [-0.25, -0.2) is 4.79 Å². The predicted molar refractivity (Wildman–Crippen MR) is 155 cm³/mol. The molecule has 1 aliphatic heterocycles. The third-order valence-electron chi connectivity index (χ3n) is 11.5. The molecule has 1 amide bonds. The lowest BCUT2D eigenvalue weighted by molar-refractivity contribution is -0.149. The van der Waals surface area contributed by atoms with Crippen molar-refractivity contribution in [2.75, 3.05) is 13.6 Å². The van der Waals surface area contributed by atoms with Crippen LogP contribution in [0.2, 0.25) is 0 Å². The molecule has 0 aromatic carbocycles. The highest BCUT2D eigenvalue weighted by atomic mass is 16.7. The smallest absolute Gasteiger partial charge is 0.435 e. The molecule has 2 N–H and O–H groups in total. The van der Waals surface area contributed by atoms with E-state index in [0.717, 1.165) is 44.2 Å². The minimum absolute atomic E-state index is 0.0244. The highest BCUT2D eigenvalue weighted by Gasteiger charge is 2.59. The zero-order chi connectivity index (χ0) is 28.8. The third-order valence-corrected chi connectivity index (χ3v) is 11.5.